The average Bonchev–Trinajstić information content (AvgIpc) is 2.62. The van der Waals surface area contributed by atoms with Crippen molar-refractivity contribution in [1.82, 2.24) is 19.6 Å². The molecule has 1 aromatic carbocycles. The van der Waals surface area contributed by atoms with Crippen LogP contribution in [-0.4, -0.2) is 19.6 Å². The molecule has 3 aromatic rings. The summed E-state index contributed by atoms with van der Waals surface area (Å²) in [6.45, 7) is 1.76. The van der Waals surface area contributed by atoms with Crippen LogP contribution >= 0.6 is 15.9 Å². The highest BCUT2D eigenvalue weighted by molar-refractivity contribution is 9.10. The Morgan fingerprint density at radius 1 is 1.44 bits per heavy atom. The lowest BCUT2D eigenvalue weighted by atomic mass is 10.2. The maximum atomic E-state index is 11.7. The minimum absolute atomic E-state index is 0.273. The zero-order valence-corrected chi connectivity index (χ0v) is 9.95. The molecule has 0 amide bonds. The quantitative estimate of drug-likeness (QED) is 0.680. The molecule has 16 heavy (non-hydrogen) atoms. The second-order valence-electron chi connectivity index (χ2n) is 3.51. The number of H-pyrrole nitrogens is 1. The minimum atomic E-state index is -0.273. The molecule has 0 spiro atoms. The van der Waals surface area contributed by atoms with Crippen LogP contribution in [0.3, 0.4) is 0 Å². The van der Waals surface area contributed by atoms with E-state index in [4.69, 9.17) is 0 Å². The van der Waals surface area contributed by atoms with Crippen molar-refractivity contribution in [3.63, 3.8) is 0 Å². The van der Waals surface area contributed by atoms with Crippen LogP contribution in [0.25, 0.3) is 16.6 Å². The van der Waals surface area contributed by atoms with E-state index in [1.165, 1.54) is 4.52 Å². The van der Waals surface area contributed by atoms with Crippen LogP contribution in [0.15, 0.2) is 27.5 Å². The van der Waals surface area contributed by atoms with E-state index in [2.05, 4.69) is 31.0 Å². The summed E-state index contributed by atoms with van der Waals surface area (Å²) in [6, 6.07) is 5.62. The summed E-state index contributed by atoms with van der Waals surface area (Å²) >= 11 is 3.39. The van der Waals surface area contributed by atoms with Gasteiger partial charge in [-0.05, 0) is 25.1 Å². The number of aromatic nitrogens is 4. The fourth-order valence-electron chi connectivity index (χ4n) is 1.71. The summed E-state index contributed by atoms with van der Waals surface area (Å²) in [4.78, 5) is 18.7. The van der Waals surface area contributed by atoms with Crippen molar-refractivity contribution in [2.75, 3.05) is 0 Å². The van der Waals surface area contributed by atoms with Crippen LogP contribution in [0.4, 0.5) is 0 Å². The highest BCUT2D eigenvalue weighted by Gasteiger charge is 2.08. The zero-order chi connectivity index (χ0) is 11.3. The molecule has 0 saturated carbocycles. The summed E-state index contributed by atoms with van der Waals surface area (Å²) in [5.74, 6) is 0.581. The molecule has 0 aliphatic carbocycles. The molecule has 0 atom stereocenters. The summed E-state index contributed by atoms with van der Waals surface area (Å²) in [6.07, 6.45) is 0. The lowest BCUT2D eigenvalue weighted by Crippen LogP contribution is -2.17. The maximum Gasteiger partial charge on any atom is 0.348 e. The topological polar surface area (TPSA) is 63.0 Å². The number of halogens is 1. The number of nitrogens with one attached hydrogen (secondary N) is 1. The van der Waals surface area contributed by atoms with Crippen LogP contribution in [0.1, 0.15) is 5.82 Å². The van der Waals surface area contributed by atoms with Crippen molar-refractivity contribution < 1.29 is 0 Å². The van der Waals surface area contributed by atoms with Crippen LogP contribution in [0, 0.1) is 6.92 Å². The molecule has 3 rings (SSSR count). The molecule has 80 valence electrons. The van der Waals surface area contributed by atoms with E-state index in [-0.39, 0.29) is 5.69 Å². The third kappa shape index (κ3) is 1.26. The molecule has 0 unspecified atom stereocenters. The molecule has 1 N–H and O–H groups in total. The van der Waals surface area contributed by atoms with Gasteiger partial charge in [0.15, 0.2) is 5.65 Å². The van der Waals surface area contributed by atoms with Crippen LogP contribution in [0.5, 0.6) is 0 Å². The molecule has 2 heterocycles. The summed E-state index contributed by atoms with van der Waals surface area (Å²) in [5.41, 5.74) is 1.07. The summed E-state index contributed by atoms with van der Waals surface area (Å²) in [7, 11) is 0. The van der Waals surface area contributed by atoms with E-state index in [1.54, 1.807) is 6.92 Å². The third-order valence-electron chi connectivity index (χ3n) is 2.37. The Labute approximate surface area is 98.3 Å². The number of nitrogens with zero attached hydrogens (tertiary/aromatic N) is 3. The first kappa shape index (κ1) is 9.53. The lowest BCUT2D eigenvalue weighted by molar-refractivity contribution is 0.863. The van der Waals surface area contributed by atoms with Crippen molar-refractivity contribution in [2.45, 2.75) is 6.92 Å². The molecule has 0 fully saturated rings. The SMILES string of the molecule is Cc1nc2c3cc(Br)ccc3[nH]c(=O)n2n1. The molecule has 6 heteroatoms. The van der Waals surface area contributed by atoms with Gasteiger partial charge in [-0.1, -0.05) is 15.9 Å². The summed E-state index contributed by atoms with van der Waals surface area (Å²) < 4.78 is 2.22. The molecule has 5 nitrogen and oxygen atoms in total. The van der Waals surface area contributed by atoms with Gasteiger partial charge < -0.3 is 4.98 Å². The van der Waals surface area contributed by atoms with E-state index in [0.29, 0.717) is 11.5 Å². The molecule has 0 bridgehead atoms. The highest BCUT2D eigenvalue weighted by atomic mass is 79.9. The van der Waals surface area contributed by atoms with Gasteiger partial charge in [-0.2, -0.15) is 4.52 Å². The van der Waals surface area contributed by atoms with Gasteiger partial charge in [0.2, 0.25) is 0 Å². The van der Waals surface area contributed by atoms with E-state index in [0.717, 1.165) is 15.4 Å². The predicted molar refractivity (Wildman–Crippen MR) is 63.6 cm³/mol. The van der Waals surface area contributed by atoms with Gasteiger partial charge in [0, 0.05) is 9.86 Å². The van der Waals surface area contributed by atoms with Crippen LogP contribution in [-0.2, 0) is 0 Å². The zero-order valence-electron chi connectivity index (χ0n) is 8.36. The van der Waals surface area contributed by atoms with Crippen molar-refractivity contribution in [2.24, 2.45) is 0 Å². The molecule has 0 radical (unpaired) electrons. The number of hydrogen-bond donors (Lipinski definition) is 1. The number of fused-ring (bicyclic) bond motifs is 3. The van der Waals surface area contributed by atoms with Crippen molar-refractivity contribution in [3.8, 4) is 0 Å². The normalized spacial score (nSPS) is 11.4. The minimum Gasteiger partial charge on any atom is -0.305 e. The standard InChI is InChI=1S/C10H7BrN4O/c1-5-12-9-7-4-6(11)2-3-8(7)13-10(16)15(9)14-5/h2-4H,1H3,(H,13,16). The number of aromatic amines is 1. The van der Waals surface area contributed by atoms with Gasteiger partial charge in [0.25, 0.3) is 0 Å². The van der Waals surface area contributed by atoms with Crippen molar-refractivity contribution >= 4 is 32.5 Å². The lowest BCUT2D eigenvalue weighted by Gasteiger charge is -1.99. The number of hydrogen-bond acceptors (Lipinski definition) is 3. The first-order chi connectivity index (χ1) is 7.65. The first-order valence-electron chi connectivity index (χ1n) is 4.70. The Bertz CT molecular complexity index is 758. The monoisotopic (exact) mass is 278 g/mol. The Kier molecular flexibility index (Phi) is 1.88. The van der Waals surface area contributed by atoms with E-state index < -0.39 is 0 Å². The van der Waals surface area contributed by atoms with E-state index in [1.807, 2.05) is 18.2 Å². The van der Waals surface area contributed by atoms with Crippen molar-refractivity contribution in [3.05, 3.63) is 39.0 Å². The Morgan fingerprint density at radius 2 is 2.25 bits per heavy atom. The molecule has 0 aliphatic heterocycles. The van der Waals surface area contributed by atoms with Crippen molar-refractivity contribution in [1.29, 1.82) is 0 Å². The van der Waals surface area contributed by atoms with E-state index in [9.17, 15) is 4.79 Å². The van der Waals surface area contributed by atoms with Crippen LogP contribution in [0.2, 0.25) is 0 Å². The maximum absolute atomic E-state index is 11.7. The molecule has 0 saturated heterocycles. The largest absolute Gasteiger partial charge is 0.348 e. The predicted octanol–water partition coefficient (Wildman–Crippen LogP) is 1.64. The van der Waals surface area contributed by atoms with Crippen LogP contribution < -0.4 is 5.69 Å². The second kappa shape index (κ2) is 3.15. The highest BCUT2D eigenvalue weighted by Crippen LogP contribution is 2.20. The Hall–Kier alpha value is -1.69. The summed E-state index contributed by atoms with van der Waals surface area (Å²) in [5, 5.41) is 4.91. The number of aryl methyl sites for hydroxylation is 1. The smallest absolute Gasteiger partial charge is 0.305 e. The fourth-order valence-corrected chi connectivity index (χ4v) is 2.07. The van der Waals surface area contributed by atoms with E-state index >= 15 is 0 Å². The number of benzene rings is 1. The molecule has 2 aromatic heterocycles. The Balaban J connectivity index is 2.65. The molecular formula is C10H7BrN4O. The fraction of sp³-hybridized carbons (Fsp3) is 0.100. The van der Waals surface area contributed by atoms with Gasteiger partial charge in [0.1, 0.15) is 5.82 Å². The van der Waals surface area contributed by atoms with Gasteiger partial charge in [-0.3, -0.25) is 0 Å². The molecular weight excluding hydrogens is 272 g/mol. The first-order valence-corrected chi connectivity index (χ1v) is 5.49. The van der Waals surface area contributed by atoms with Gasteiger partial charge in [0.05, 0.1) is 5.52 Å². The molecule has 0 aliphatic rings. The van der Waals surface area contributed by atoms with Gasteiger partial charge in [-0.15, -0.1) is 5.10 Å². The average molecular weight is 279 g/mol. The van der Waals surface area contributed by atoms with Gasteiger partial charge >= 0.3 is 5.69 Å². The van der Waals surface area contributed by atoms with Gasteiger partial charge in [-0.25, -0.2) is 9.78 Å². The Morgan fingerprint density at radius 3 is 3.06 bits per heavy atom. The third-order valence-corrected chi connectivity index (χ3v) is 2.86. The second-order valence-corrected chi connectivity index (χ2v) is 4.43. The number of rotatable bonds is 0.